The van der Waals surface area contributed by atoms with E-state index in [2.05, 4.69) is 0 Å². The van der Waals surface area contributed by atoms with Crippen molar-refractivity contribution in [1.29, 1.82) is 0 Å². The molecule has 0 N–H and O–H groups in total. The van der Waals surface area contributed by atoms with E-state index < -0.39 is 0 Å². The topological polar surface area (TPSA) is 38.8 Å². The standard InChI is InChI=1S/C18H19NO3/c1-19(11-13-6-5-7-14(10-13)21-2)18(20)16-12-22-17-9-4-3-8-15(16)17/h3-10,16H,11-12H2,1-2H3. The first-order chi connectivity index (χ1) is 10.7. The van der Waals surface area contributed by atoms with Crippen molar-refractivity contribution in [3.05, 3.63) is 59.7 Å². The van der Waals surface area contributed by atoms with Crippen LogP contribution in [0, 0.1) is 0 Å². The van der Waals surface area contributed by atoms with Crippen LogP contribution in [0.15, 0.2) is 48.5 Å². The summed E-state index contributed by atoms with van der Waals surface area (Å²) in [4.78, 5) is 14.4. The van der Waals surface area contributed by atoms with Crippen LogP contribution < -0.4 is 9.47 Å². The van der Waals surface area contributed by atoms with Crippen LogP contribution in [0.25, 0.3) is 0 Å². The quantitative estimate of drug-likeness (QED) is 0.871. The second-order valence-electron chi connectivity index (χ2n) is 5.45. The third kappa shape index (κ3) is 2.77. The van der Waals surface area contributed by atoms with E-state index in [-0.39, 0.29) is 11.8 Å². The van der Waals surface area contributed by atoms with E-state index in [1.54, 1.807) is 12.0 Å². The number of carbonyl (C=O) groups is 1. The van der Waals surface area contributed by atoms with Gasteiger partial charge in [-0.15, -0.1) is 0 Å². The molecular weight excluding hydrogens is 278 g/mol. The van der Waals surface area contributed by atoms with E-state index in [9.17, 15) is 4.79 Å². The van der Waals surface area contributed by atoms with Gasteiger partial charge in [-0.1, -0.05) is 30.3 Å². The fourth-order valence-corrected chi connectivity index (χ4v) is 2.76. The Balaban J connectivity index is 1.73. The number of carbonyl (C=O) groups excluding carboxylic acids is 1. The van der Waals surface area contributed by atoms with Crippen LogP contribution in [0.4, 0.5) is 0 Å². The molecule has 0 aliphatic carbocycles. The molecule has 1 aliphatic rings. The molecule has 4 nitrogen and oxygen atoms in total. The lowest BCUT2D eigenvalue weighted by Gasteiger charge is -2.21. The van der Waals surface area contributed by atoms with Crippen molar-refractivity contribution in [1.82, 2.24) is 4.90 Å². The van der Waals surface area contributed by atoms with Gasteiger partial charge in [0.05, 0.1) is 7.11 Å². The number of amides is 1. The van der Waals surface area contributed by atoms with Crippen molar-refractivity contribution in [3.63, 3.8) is 0 Å². The predicted octanol–water partition coefficient (Wildman–Crippen LogP) is 2.83. The van der Waals surface area contributed by atoms with Gasteiger partial charge in [0.1, 0.15) is 24.0 Å². The van der Waals surface area contributed by atoms with Crippen LogP contribution in [0.3, 0.4) is 0 Å². The fourth-order valence-electron chi connectivity index (χ4n) is 2.76. The van der Waals surface area contributed by atoms with Gasteiger partial charge >= 0.3 is 0 Å². The van der Waals surface area contributed by atoms with E-state index >= 15 is 0 Å². The predicted molar refractivity (Wildman–Crippen MR) is 84.1 cm³/mol. The first kappa shape index (κ1) is 14.4. The molecule has 1 aliphatic heterocycles. The van der Waals surface area contributed by atoms with Gasteiger partial charge in [-0.3, -0.25) is 4.79 Å². The molecule has 0 saturated heterocycles. The largest absolute Gasteiger partial charge is 0.497 e. The van der Waals surface area contributed by atoms with E-state index in [1.165, 1.54) is 0 Å². The number of fused-ring (bicyclic) bond motifs is 1. The van der Waals surface area contributed by atoms with Crippen LogP contribution in [-0.2, 0) is 11.3 Å². The lowest BCUT2D eigenvalue weighted by Crippen LogP contribution is -2.32. The summed E-state index contributed by atoms with van der Waals surface area (Å²) in [5, 5.41) is 0. The highest BCUT2D eigenvalue weighted by molar-refractivity contribution is 5.85. The van der Waals surface area contributed by atoms with Gasteiger partial charge in [-0.05, 0) is 23.8 Å². The van der Waals surface area contributed by atoms with E-state index in [1.807, 2.05) is 55.6 Å². The number of methoxy groups -OCH3 is 1. The van der Waals surface area contributed by atoms with Crippen LogP contribution in [0.2, 0.25) is 0 Å². The zero-order valence-corrected chi connectivity index (χ0v) is 12.8. The SMILES string of the molecule is COc1cccc(CN(C)C(=O)C2COc3ccccc32)c1. The van der Waals surface area contributed by atoms with Gasteiger partial charge in [-0.2, -0.15) is 0 Å². The molecule has 0 spiro atoms. The van der Waals surface area contributed by atoms with Crippen LogP contribution in [0.5, 0.6) is 11.5 Å². The summed E-state index contributed by atoms with van der Waals surface area (Å²) < 4.78 is 10.8. The Bertz CT molecular complexity index is 684. The summed E-state index contributed by atoms with van der Waals surface area (Å²) >= 11 is 0. The van der Waals surface area contributed by atoms with E-state index in [4.69, 9.17) is 9.47 Å². The Hall–Kier alpha value is -2.49. The van der Waals surface area contributed by atoms with Crippen LogP contribution in [0.1, 0.15) is 17.0 Å². The number of benzene rings is 2. The monoisotopic (exact) mass is 297 g/mol. The Labute approximate surface area is 130 Å². The van der Waals surface area contributed by atoms with Crippen molar-refractivity contribution in [3.8, 4) is 11.5 Å². The Morgan fingerprint density at radius 2 is 2.09 bits per heavy atom. The van der Waals surface area contributed by atoms with Crippen molar-refractivity contribution >= 4 is 5.91 Å². The zero-order valence-electron chi connectivity index (χ0n) is 12.8. The summed E-state index contributed by atoms with van der Waals surface area (Å²) in [6, 6.07) is 15.5. The van der Waals surface area contributed by atoms with Gasteiger partial charge in [0.25, 0.3) is 0 Å². The minimum absolute atomic E-state index is 0.0766. The molecule has 3 rings (SSSR count). The molecule has 1 atom stereocenters. The highest BCUT2D eigenvalue weighted by Gasteiger charge is 2.31. The van der Waals surface area contributed by atoms with Crippen molar-refractivity contribution in [2.75, 3.05) is 20.8 Å². The van der Waals surface area contributed by atoms with E-state index in [0.29, 0.717) is 13.2 Å². The van der Waals surface area contributed by atoms with E-state index in [0.717, 1.165) is 22.6 Å². The highest BCUT2D eigenvalue weighted by Crippen LogP contribution is 2.34. The van der Waals surface area contributed by atoms with Gasteiger partial charge in [0, 0.05) is 19.2 Å². The number of hydrogen-bond acceptors (Lipinski definition) is 3. The minimum Gasteiger partial charge on any atom is -0.497 e. The molecule has 0 fully saturated rings. The number of likely N-dealkylation sites (N-methyl/N-ethyl adjacent to an activating group) is 1. The second-order valence-corrected chi connectivity index (χ2v) is 5.45. The number of ether oxygens (including phenoxy) is 2. The number of nitrogens with zero attached hydrogens (tertiary/aromatic N) is 1. The van der Waals surface area contributed by atoms with Crippen molar-refractivity contribution in [2.45, 2.75) is 12.5 Å². The smallest absolute Gasteiger partial charge is 0.233 e. The van der Waals surface area contributed by atoms with Gasteiger partial charge in [-0.25, -0.2) is 0 Å². The molecule has 0 bridgehead atoms. The maximum atomic E-state index is 12.7. The third-order valence-electron chi connectivity index (χ3n) is 3.93. The van der Waals surface area contributed by atoms with Crippen molar-refractivity contribution < 1.29 is 14.3 Å². The van der Waals surface area contributed by atoms with Crippen LogP contribution in [-0.4, -0.2) is 31.6 Å². The zero-order chi connectivity index (χ0) is 15.5. The van der Waals surface area contributed by atoms with Crippen LogP contribution >= 0.6 is 0 Å². The molecule has 2 aromatic rings. The number of hydrogen-bond donors (Lipinski definition) is 0. The molecule has 0 aromatic heterocycles. The highest BCUT2D eigenvalue weighted by atomic mass is 16.5. The lowest BCUT2D eigenvalue weighted by atomic mass is 10.00. The minimum atomic E-state index is -0.216. The lowest BCUT2D eigenvalue weighted by molar-refractivity contribution is -0.132. The molecule has 1 amide bonds. The molecule has 1 unspecified atom stereocenters. The molecule has 114 valence electrons. The Morgan fingerprint density at radius 1 is 1.27 bits per heavy atom. The average Bonchev–Trinajstić information content (AvgIpc) is 2.98. The summed E-state index contributed by atoms with van der Waals surface area (Å²) in [5.74, 6) is 1.48. The first-order valence-electron chi connectivity index (χ1n) is 7.28. The second kappa shape index (κ2) is 6.10. The first-order valence-corrected chi connectivity index (χ1v) is 7.28. The summed E-state index contributed by atoms with van der Waals surface area (Å²) in [6.07, 6.45) is 0. The maximum absolute atomic E-state index is 12.7. The molecule has 0 saturated carbocycles. The molecule has 0 radical (unpaired) electrons. The molecular formula is C18H19NO3. The van der Waals surface area contributed by atoms with Gasteiger partial charge in [0.15, 0.2) is 0 Å². The van der Waals surface area contributed by atoms with Crippen molar-refractivity contribution in [2.24, 2.45) is 0 Å². The summed E-state index contributed by atoms with van der Waals surface area (Å²) in [5.41, 5.74) is 2.02. The third-order valence-corrected chi connectivity index (χ3v) is 3.93. The molecule has 2 aromatic carbocycles. The summed E-state index contributed by atoms with van der Waals surface area (Å²) in [6.45, 7) is 0.968. The normalized spacial score (nSPS) is 15.8. The average molecular weight is 297 g/mol. The number of para-hydroxylation sites is 1. The molecule has 22 heavy (non-hydrogen) atoms. The fraction of sp³-hybridized carbons (Fsp3) is 0.278. The van der Waals surface area contributed by atoms with Gasteiger partial charge in [0.2, 0.25) is 5.91 Å². The van der Waals surface area contributed by atoms with Gasteiger partial charge < -0.3 is 14.4 Å². The summed E-state index contributed by atoms with van der Waals surface area (Å²) in [7, 11) is 3.46. The number of rotatable bonds is 4. The maximum Gasteiger partial charge on any atom is 0.233 e. The molecule has 1 heterocycles. The molecule has 4 heteroatoms. The Kier molecular flexibility index (Phi) is 4.00. The Morgan fingerprint density at radius 3 is 2.91 bits per heavy atom.